The summed E-state index contributed by atoms with van der Waals surface area (Å²) >= 11 is 0. The molecule has 1 unspecified atom stereocenters. The van der Waals surface area contributed by atoms with Crippen LogP contribution in [0.25, 0.3) is 22.3 Å². The Morgan fingerprint density at radius 1 is 1.11 bits per heavy atom. The van der Waals surface area contributed by atoms with Crippen LogP contribution in [0.3, 0.4) is 0 Å². The second kappa shape index (κ2) is 7.72. The van der Waals surface area contributed by atoms with Crippen LogP contribution in [-0.4, -0.2) is 39.2 Å². The predicted molar refractivity (Wildman–Crippen MR) is 106 cm³/mol. The summed E-state index contributed by atoms with van der Waals surface area (Å²) in [5, 5.41) is 18.5. The van der Waals surface area contributed by atoms with E-state index in [9.17, 15) is 15.0 Å². The lowest BCUT2D eigenvalue weighted by Gasteiger charge is -2.27. The van der Waals surface area contributed by atoms with Crippen LogP contribution in [-0.2, 0) is 6.61 Å². The Balaban J connectivity index is 2.22. The second-order valence-electron chi connectivity index (χ2n) is 6.63. The normalized spacial score (nSPS) is 12.1. The molecule has 6 heteroatoms. The van der Waals surface area contributed by atoms with Crippen LogP contribution in [0.2, 0.25) is 0 Å². The number of carbonyl (C=O) groups is 1. The first-order valence-corrected chi connectivity index (χ1v) is 8.92. The van der Waals surface area contributed by atoms with Gasteiger partial charge in [-0.1, -0.05) is 31.2 Å². The molecule has 1 heterocycles. The molecule has 140 valence electrons. The van der Waals surface area contributed by atoms with Crippen molar-refractivity contribution in [3.63, 3.8) is 0 Å². The molecule has 0 saturated heterocycles. The zero-order valence-electron chi connectivity index (χ0n) is 15.7. The summed E-state index contributed by atoms with van der Waals surface area (Å²) in [6, 6.07) is 12.6. The van der Waals surface area contributed by atoms with Gasteiger partial charge in [0.15, 0.2) is 5.82 Å². The molecular weight excluding hydrogens is 342 g/mol. The number of benzene rings is 2. The van der Waals surface area contributed by atoms with Crippen LogP contribution in [0.5, 0.6) is 0 Å². The van der Waals surface area contributed by atoms with E-state index in [0.717, 1.165) is 23.2 Å². The average Bonchev–Trinajstić information content (AvgIpc) is 2.71. The molecule has 3 rings (SSSR count). The molecule has 0 amide bonds. The van der Waals surface area contributed by atoms with Crippen LogP contribution >= 0.6 is 0 Å². The van der Waals surface area contributed by atoms with E-state index in [1.54, 1.807) is 12.1 Å². The van der Waals surface area contributed by atoms with Crippen LogP contribution in [0, 0.1) is 0 Å². The smallest absolute Gasteiger partial charge is 0.335 e. The van der Waals surface area contributed by atoms with Gasteiger partial charge in [0, 0.05) is 18.7 Å². The topological polar surface area (TPSA) is 86.6 Å². The van der Waals surface area contributed by atoms with Gasteiger partial charge in [0.05, 0.1) is 23.2 Å². The molecule has 0 bridgehead atoms. The number of aliphatic hydroxyl groups is 1. The number of aromatic carboxylic acids is 1. The number of rotatable bonds is 6. The number of carboxylic acid groups (broad SMARTS) is 1. The van der Waals surface area contributed by atoms with E-state index in [1.165, 1.54) is 6.07 Å². The number of nitrogens with zero attached hydrogens (tertiary/aromatic N) is 3. The quantitative estimate of drug-likeness (QED) is 0.692. The first-order chi connectivity index (χ1) is 12.9. The molecule has 1 aromatic heterocycles. The van der Waals surface area contributed by atoms with Crippen molar-refractivity contribution in [2.45, 2.75) is 32.9 Å². The van der Waals surface area contributed by atoms with Gasteiger partial charge in [0.2, 0.25) is 0 Å². The van der Waals surface area contributed by atoms with E-state index in [-0.39, 0.29) is 18.2 Å². The Bertz CT molecular complexity index is 970. The van der Waals surface area contributed by atoms with Crippen LogP contribution < -0.4 is 4.90 Å². The van der Waals surface area contributed by atoms with E-state index < -0.39 is 5.97 Å². The SMILES string of the molecule is CCC(C)N(C)c1nc2cc(C(=O)O)ccc2nc1-c1ccc(CO)cc1. The van der Waals surface area contributed by atoms with Crippen molar-refractivity contribution in [1.82, 2.24) is 9.97 Å². The summed E-state index contributed by atoms with van der Waals surface area (Å²) < 4.78 is 0. The number of aliphatic hydroxyl groups excluding tert-OH is 1. The lowest BCUT2D eigenvalue weighted by molar-refractivity contribution is 0.0697. The largest absolute Gasteiger partial charge is 0.478 e. The lowest BCUT2D eigenvalue weighted by Crippen LogP contribution is -2.29. The summed E-state index contributed by atoms with van der Waals surface area (Å²) in [6.45, 7) is 4.20. The average molecular weight is 365 g/mol. The fraction of sp³-hybridized carbons (Fsp3) is 0.286. The maximum absolute atomic E-state index is 11.3. The Hall–Kier alpha value is -2.99. The van der Waals surface area contributed by atoms with E-state index in [0.29, 0.717) is 16.9 Å². The van der Waals surface area contributed by atoms with Crippen LogP contribution in [0.4, 0.5) is 5.82 Å². The molecule has 0 aliphatic heterocycles. The van der Waals surface area contributed by atoms with Crippen molar-refractivity contribution in [2.24, 2.45) is 0 Å². The third kappa shape index (κ3) is 3.75. The third-order valence-electron chi connectivity index (χ3n) is 4.89. The van der Waals surface area contributed by atoms with E-state index in [2.05, 4.69) is 18.7 Å². The summed E-state index contributed by atoms with van der Waals surface area (Å²) in [4.78, 5) is 22.9. The van der Waals surface area contributed by atoms with Gasteiger partial charge >= 0.3 is 5.97 Å². The molecule has 1 atom stereocenters. The van der Waals surface area contributed by atoms with Crippen molar-refractivity contribution in [2.75, 3.05) is 11.9 Å². The number of anilines is 1. The number of carboxylic acids is 1. The van der Waals surface area contributed by atoms with Gasteiger partial charge in [0.25, 0.3) is 0 Å². The van der Waals surface area contributed by atoms with Crippen LogP contribution in [0.15, 0.2) is 42.5 Å². The minimum absolute atomic E-state index is 0.0126. The van der Waals surface area contributed by atoms with Gasteiger partial charge in [-0.05, 0) is 37.1 Å². The monoisotopic (exact) mass is 365 g/mol. The minimum atomic E-state index is -0.987. The maximum atomic E-state index is 11.3. The maximum Gasteiger partial charge on any atom is 0.335 e. The van der Waals surface area contributed by atoms with E-state index in [4.69, 9.17) is 9.97 Å². The fourth-order valence-electron chi connectivity index (χ4n) is 2.87. The Labute approximate surface area is 158 Å². The molecular formula is C21H23N3O3. The molecule has 2 aromatic carbocycles. The third-order valence-corrected chi connectivity index (χ3v) is 4.89. The van der Waals surface area contributed by atoms with Gasteiger partial charge in [0.1, 0.15) is 5.69 Å². The van der Waals surface area contributed by atoms with E-state index in [1.807, 2.05) is 31.3 Å². The van der Waals surface area contributed by atoms with Gasteiger partial charge in [-0.15, -0.1) is 0 Å². The molecule has 0 saturated carbocycles. The molecule has 6 nitrogen and oxygen atoms in total. The molecule has 0 spiro atoms. The first-order valence-electron chi connectivity index (χ1n) is 8.92. The summed E-state index contributed by atoms with van der Waals surface area (Å²) in [7, 11) is 1.97. The number of hydrogen-bond acceptors (Lipinski definition) is 5. The van der Waals surface area contributed by atoms with Crippen molar-refractivity contribution in [3.05, 3.63) is 53.6 Å². The molecule has 27 heavy (non-hydrogen) atoms. The highest BCUT2D eigenvalue weighted by molar-refractivity contribution is 5.93. The lowest BCUT2D eigenvalue weighted by atomic mass is 10.1. The van der Waals surface area contributed by atoms with Crippen LogP contribution in [0.1, 0.15) is 36.2 Å². The summed E-state index contributed by atoms with van der Waals surface area (Å²) in [5.74, 6) is -0.282. The Morgan fingerprint density at radius 2 is 1.81 bits per heavy atom. The highest BCUT2D eigenvalue weighted by atomic mass is 16.4. The number of hydrogen-bond donors (Lipinski definition) is 2. The summed E-state index contributed by atoms with van der Waals surface area (Å²) in [5.41, 5.74) is 3.84. The standard InChI is InChI=1S/C21H23N3O3/c1-4-13(2)24(3)20-19(15-7-5-14(12-25)6-8-15)22-17-10-9-16(21(26)27)11-18(17)23-20/h5-11,13,25H,4,12H2,1-3H3,(H,26,27). The highest BCUT2D eigenvalue weighted by Crippen LogP contribution is 2.31. The summed E-state index contributed by atoms with van der Waals surface area (Å²) in [6.07, 6.45) is 0.939. The highest BCUT2D eigenvalue weighted by Gasteiger charge is 2.18. The Kier molecular flexibility index (Phi) is 5.37. The molecule has 3 aromatic rings. The van der Waals surface area contributed by atoms with Crippen molar-refractivity contribution < 1.29 is 15.0 Å². The predicted octanol–water partition coefficient (Wildman–Crippen LogP) is 3.72. The Morgan fingerprint density at radius 3 is 2.41 bits per heavy atom. The molecule has 0 radical (unpaired) electrons. The first kappa shape index (κ1) is 18.8. The van der Waals surface area contributed by atoms with Gasteiger partial charge in [-0.3, -0.25) is 0 Å². The molecule has 0 aliphatic rings. The van der Waals surface area contributed by atoms with Gasteiger partial charge in [-0.25, -0.2) is 14.8 Å². The van der Waals surface area contributed by atoms with Gasteiger partial charge < -0.3 is 15.1 Å². The van der Waals surface area contributed by atoms with Gasteiger partial charge in [-0.2, -0.15) is 0 Å². The van der Waals surface area contributed by atoms with Crippen molar-refractivity contribution in [1.29, 1.82) is 0 Å². The minimum Gasteiger partial charge on any atom is -0.478 e. The molecule has 0 fully saturated rings. The van der Waals surface area contributed by atoms with E-state index >= 15 is 0 Å². The second-order valence-corrected chi connectivity index (χ2v) is 6.63. The molecule has 0 aliphatic carbocycles. The fourth-order valence-corrected chi connectivity index (χ4v) is 2.87. The van der Waals surface area contributed by atoms with Crippen molar-refractivity contribution >= 4 is 22.8 Å². The zero-order valence-corrected chi connectivity index (χ0v) is 15.7. The number of fused-ring (bicyclic) bond motifs is 1. The zero-order chi connectivity index (χ0) is 19.6. The molecule has 2 N–H and O–H groups in total. The number of aromatic nitrogens is 2. The van der Waals surface area contributed by atoms with Crippen molar-refractivity contribution in [3.8, 4) is 11.3 Å².